The van der Waals surface area contributed by atoms with Crippen molar-refractivity contribution < 1.29 is 9.53 Å². The minimum atomic E-state index is -0.0658. The molecule has 0 unspecified atom stereocenters. The van der Waals surface area contributed by atoms with Gasteiger partial charge in [-0.25, -0.2) is 4.68 Å². The third-order valence-corrected chi connectivity index (χ3v) is 5.78. The molecule has 1 aliphatic heterocycles. The van der Waals surface area contributed by atoms with Gasteiger partial charge in [0.25, 0.3) is 5.91 Å². The number of carbonyl (C=O) groups is 1. The van der Waals surface area contributed by atoms with Crippen LogP contribution >= 0.6 is 23.2 Å². The molecule has 156 valence electrons. The summed E-state index contributed by atoms with van der Waals surface area (Å²) in [7, 11) is 0. The molecule has 0 aliphatic carbocycles. The molecule has 2 heterocycles. The van der Waals surface area contributed by atoms with Crippen LogP contribution in [-0.2, 0) is 13.3 Å². The lowest BCUT2D eigenvalue weighted by Gasteiger charge is -2.34. The van der Waals surface area contributed by atoms with Crippen molar-refractivity contribution in [3.63, 3.8) is 0 Å². The number of piperazine rings is 1. The van der Waals surface area contributed by atoms with Gasteiger partial charge in [0.05, 0.1) is 0 Å². The Morgan fingerprint density at radius 3 is 2.33 bits per heavy atom. The van der Waals surface area contributed by atoms with Gasteiger partial charge in [0.1, 0.15) is 5.75 Å². The Labute approximate surface area is 185 Å². The number of rotatable bonds is 6. The highest BCUT2D eigenvalue weighted by atomic mass is 35.5. The minimum absolute atomic E-state index is 0.0658. The Morgan fingerprint density at radius 2 is 1.63 bits per heavy atom. The van der Waals surface area contributed by atoms with E-state index in [1.807, 2.05) is 53.4 Å². The Kier molecular flexibility index (Phi) is 6.57. The minimum Gasteiger partial charge on any atom is -0.471 e. The quantitative estimate of drug-likeness (QED) is 0.571. The van der Waals surface area contributed by atoms with E-state index in [0.29, 0.717) is 35.4 Å². The molecule has 1 aliphatic rings. The largest absolute Gasteiger partial charge is 0.471 e. The van der Waals surface area contributed by atoms with Crippen molar-refractivity contribution in [1.29, 1.82) is 0 Å². The fourth-order valence-electron chi connectivity index (χ4n) is 3.38. The summed E-state index contributed by atoms with van der Waals surface area (Å²) in [6.45, 7) is 3.70. The number of hydrogen-bond donors (Lipinski definition) is 0. The lowest BCUT2D eigenvalue weighted by atomic mass is 10.2. The number of halogens is 2. The lowest BCUT2D eigenvalue weighted by molar-refractivity contribution is 0.0621. The van der Waals surface area contributed by atoms with Gasteiger partial charge >= 0.3 is 0 Å². The Balaban J connectivity index is 1.30. The molecular weight excluding hydrogens is 423 g/mol. The molecule has 2 aromatic carbocycles. The van der Waals surface area contributed by atoms with Crippen LogP contribution < -0.4 is 4.74 Å². The zero-order valence-electron chi connectivity index (χ0n) is 16.4. The maximum atomic E-state index is 12.8. The molecule has 0 N–H and O–H groups in total. The first kappa shape index (κ1) is 20.7. The molecule has 3 aromatic rings. The van der Waals surface area contributed by atoms with Gasteiger partial charge in [-0.3, -0.25) is 9.69 Å². The maximum absolute atomic E-state index is 12.8. The average Bonchev–Trinajstić information content (AvgIpc) is 3.25. The standard InChI is InChI=1S/C22H22Cl2N4O2/c23-19-7-4-8-20(24)18(19)15-26-11-13-27(14-12-26)22(29)21-9-10-28(25-21)16-30-17-5-2-1-3-6-17/h1-10H,11-16H2. The molecular formula is C22H22Cl2N4O2. The van der Waals surface area contributed by atoms with Gasteiger partial charge in [0, 0.05) is 54.5 Å². The molecule has 1 aromatic heterocycles. The third-order valence-electron chi connectivity index (χ3n) is 5.07. The predicted octanol–water partition coefficient (Wildman–Crippen LogP) is 4.18. The van der Waals surface area contributed by atoms with E-state index in [4.69, 9.17) is 27.9 Å². The summed E-state index contributed by atoms with van der Waals surface area (Å²) in [5.41, 5.74) is 1.35. The third kappa shape index (κ3) is 4.95. The van der Waals surface area contributed by atoms with E-state index >= 15 is 0 Å². The summed E-state index contributed by atoms with van der Waals surface area (Å²) >= 11 is 12.6. The highest BCUT2D eigenvalue weighted by Gasteiger charge is 2.24. The van der Waals surface area contributed by atoms with Gasteiger partial charge < -0.3 is 9.64 Å². The number of ether oxygens (including phenoxy) is 1. The smallest absolute Gasteiger partial charge is 0.274 e. The molecule has 8 heteroatoms. The second-order valence-electron chi connectivity index (χ2n) is 7.10. The molecule has 0 saturated carbocycles. The summed E-state index contributed by atoms with van der Waals surface area (Å²) in [5.74, 6) is 0.694. The summed E-state index contributed by atoms with van der Waals surface area (Å²) in [6, 6.07) is 16.8. The second kappa shape index (κ2) is 9.51. The van der Waals surface area contributed by atoms with E-state index in [9.17, 15) is 4.79 Å². The highest BCUT2D eigenvalue weighted by molar-refractivity contribution is 6.35. The van der Waals surface area contributed by atoms with E-state index in [1.54, 1.807) is 16.9 Å². The highest BCUT2D eigenvalue weighted by Crippen LogP contribution is 2.26. The molecule has 0 radical (unpaired) electrons. The molecule has 0 spiro atoms. The topological polar surface area (TPSA) is 50.6 Å². The number of nitrogens with zero attached hydrogens (tertiary/aromatic N) is 4. The van der Waals surface area contributed by atoms with E-state index < -0.39 is 0 Å². The van der Waals surface area contributed by atoms with Crippen molar-refractivity contribution in [1.82, 2.24) is 19.6 Å². The number of benzene rings is 2. The van der Waals surface area contributed by atoms with Gasteiger partial charge in [-0.05, 0) is 30.3 Å². The van der Waals surface area contributed by atoms with Crippen LogP contribution in [0.5, 0.6) is 5.75 Å². The SMILES string of the molecule is O=C(c1ccn(COc2ccccc2)n1)N1CCN(Cc2c(Cl)cccc2Cl)CC1. The fraction of sp³-hybridized carbons (Fsp3) is 0.273. The normalized spacial score (nSPS) is 14.7. The first-order valence-corrected chi connectivity index (χ1v) is 10.5. The molecule has 1 fully saturated rings. The van der Waals surface area contributed by atoms with Gasteiger partial charge in [0.2, 0.25) is 0 Å². The van der Waals surface area contributed by atoms with E-state index in [0.717, 1.165) is 24.4 Å². The van der Waals surface area contributed by atoms with Crippen LogP contribution in [0.3, 0.4) is 0 Å². The number of para-hydroxylation sites is 1. The monoisotopic (exact) mass is 444 g/mol. The number of aromatic nitrogens is 2. The predicted molar refractivity (Wildman–Crippen MR) is 117 cm³/mol. The van der Waals surface area contributed by atoms with E-state index in [2.05, 4.69) is 10.00 Å². The van der Waals surface area contributed by atoms with Crippen molar-refractivity contribution >= 4 is 29.1 Å². The molecule has 1 saturated heterocycles. The van der Waals surface area contributed by atoms with E-state index in [-0.39, 0.29) is 12.6 Å². The van der Waals surface area contributed by atoms with Crippen molar-refractivity contribution in [3.8, 4) is 5.75 Å². The maximum Gasteiger partial charge on any atom is 0.274 e. The Morgan fingerprint density at radius 1 is 0.933 bits per heavy atom. The first-order valence-electron chi connectivity index (χ1n) is 9.76. The van der Waals surface area contributed by atoms with Crippen LogP contribution in [0, 0.1) is 0 Å². The fourth-order valence-corrected chi connectivity index (χ4v) is 3.90. The van der Waals surface area contributed by atoms with E-state index in [1.165, 1.54) is 0 Å². The van der Waals surface area contributed by atoms with Gasteiger partial charge in [0.15, 0.2) is 12.4 Å². The zero-order chi connectivity index (χ0) is 20.9. The zero-order valence-corrected chi connectivity index (χ0v) is 17.9. The molecule has 0 atom stereocenters. The van der Waals surface area contributed by atoms with Crippen LogP contribution in [-0.4, -0.2) is 51.7 Å². The van der Waals surface area contributed by atoms with Crippen molar-refractivity contribution in [2.45, 2.75) is 13.3 Å². The summed E-state index contributed by atoms with van der Waals surface area (Å²) in [6.07, 6.45) is 1.76. The molecule has 30 heavy (non-hydrogen) atoms. The summed E-state index contributed by atoms with van der Waals surface area (Å²) < 4.78 is 7.29. The molecule has 6 nitrogen and oxygen atoms in total. The van der Waals surface area contributed by atoms with Gasteiger partial charge in [-0.1, -0.05) is 47.5 Å². The molecule has 0 bridgehead atoms. The Hall–Kier alpha value is -2.54. The van der Waals surface area contributed by atoms with Crippen molar-refractivity contribution in [3.05, 3.63) is 82.1 Å². The van der Waals surface area contributed by atoms with Crippen LogP contribution in [0.1, 0.15) is 16.1 Å². The lowest BCUT2D eigenvalue weighted by Crippen LogP contribution is -2.48. The average molecular weight is 445 g/mol. The molecule has 4 rings (SSSR count). The van der Waals surface area contributed by atoms with Crippen LogP contribution in [0.4, 0.5) is 0 Å². The number of carbonyl (C=O) groups excluding carboxylic acids is 1. The first-order chi connectivity index (χ1) is 14.6. The van der Waals surface area contributed by atoms with Crippen LogP contribution in [0.15, 0.2) is 60.8 Å². The Bertz CT molecular complexity index is 981. The summed E-state index contributed by atoms with van der Waals surface area (Å²) in [5, 5.41) is 5.70. The number of hydrogen-bond acceptors (Lipinski definition) is 4. The van der Waals surface area contributed by atoms with Gasteiger partial charge in [-0.2, -0.15) is 5.10 Å². The molecule has 1 amide bonds. The van der Waals surface area contributed by atoms with Crippen LogP contribution in [0.25, 0.3) is 0 Å². The second-order valence-corrected chi connectivity index (χ2v) is 7.91. The summed E-state index contributed by atoms with van der Waals surface area (Å²) in [4.78, 5) is 16.9. The van der Waals surface area contributed by atoms with Crippen molar-refractivity contribution in [2.75, 3.05) is 26.2 Å². The van der Waals surface area contributed by atoms with Gasteiger partial charge in [-0.15, -0.1) is 0 Å². The van der Waals surface area contributed by atoms with Crippen molar-refractivity contribution in [2.24, 2.45) is 0 Å². The number of amides is 1. The van der Waals surface area contributed by atoms with Crippen LogP contribution in [0.2, 0.25) is 10.0 Å².